The molecule has 0 N–H and O–H groups in total. The normalized spacial score (nSPS) is 14.1. The van der Waals surface area contributed by atoms with Crippen LogP contribution in [0.2, 0.25) is 0 Å². The lowest BCUT2D eigenvalue weighted by atomic mass is 10.0. The van der Waals surface area contributed by atoms with E-state index in [0.717, 1.165) is 83.5 Å². The Hall–Kier alpha value is -1.80. The molecule has 0 aromatic rings. The van der Waals surface area contributed by atoms with Crippen LogP contribution < -0.4 is 4.89 Å². The third kappa shape index (κ3) is 49.1. The van der Waals surface area contributed by atoms with Crippen LogP contribution in [0.4, 0.5) is 0 Å². The monoisotopic (exact) mass is 878 g/mol. The number of likely N-dealkylation sites (N-methyl/N-ethyl adjacent to an activating group) is 1. The van der Waals surface area contributed by atoms with Crippen LogP contribution in [-0.2, 0) is 27.9 Å². The number of ether oxygens (including phenoxy) is 2. The first-order valence-electron chi connectivity index (χ1n) is 25.0. The van der Waals surface area contributed by atoms with Crippen LogP contribution in [-0.4, -0.2) is 70.7 Å². The summed E-state index contributed by atoms with van der Waals surface area (Å²) in [5.41, 5.74) is 0. The first-order chi connectivity index (χ1) is 29.6. The van der Waals surface area contributed by atoms with Gasteiger partial charge in [0.2, 0.25) is 0 Å². The van der Waals surface area contributed by atoms with Gasteiger partial charge in [-0.1, -0.05) is 203 Å². The average Bonchev–Trinajstić information content (AvgIpc) is 3.22. The number of hydrogen-bond donors (Lipinski definition) is 0. The largest absolute Gasteiger partial charge is 0.756 e. The number of carbonyl (C=O) groups excluding carboxylic acids is 1. The van der Waals surface area contributed by atoms with Crippen molar-refractivity contribution in [3.63, 3.8) is 0 Å². The van der Waals surface area contributed by atoms with Gasteiger partial charge in [-0.2, -0.15) is 0 Å². The minimum absolute atomic E-state index is 0.0196. The highest BCUT2D eigenvalue weighted by atomic mass is 31.2. The highest BCUT2D eigenvalue weighted by molar-refractivity contribution is 7.45. The summed E-state index contributed by atoms with van der Waals surface area (Å²) in [6.07, 6.45) is 56.7. The maximum atomic E-state index is 12.7. The molecule has 0 rings (SSSR count). The van der Waals surface area contributed by atoms with Gasteiger partial charge in [-0.3, -0.25) is 9.36 Å². The summed E-state index contributed by atoms with van der Waals surface area (Å²) in [6, 6.07) is 0. The topological polar surface area (TPSA) is 94.1 Å². The molecule has 61 heavy (non-hydrogen) atoms. The van der Waals surface area contributed by atoms with Gasteiger partial charge in [0, 0.05) is 13.0 Å². The standard InChI is InChI=1S/C52H96NO7P/c1-6-8-10-12-14-16-18-20-22-24-26-28-30-32-34-36-38-40-42-44-47-57-49-51(50-59-61(55,56)58-48-46-53(3,4)5)60-52(54)45-43-41-39-37-35-33-31-29-27-25-23-21-19-17-15-13-11-9-7-2/h8,10,14,16,20,22,26,28,32,34,51H,6-7,9,11-13,15,17-19,21,23-25,27,29-31,33,35-50H2,1-5H3/b10-8-,16-14-,22-20-,28-26-,34-32-. The van der Waals surface area contributed by atoms with E-state index in [-0.39, 0.29) is 25.8 Å². The number of nitrogens with zero attached hydrogens (tertiary/aromatic N) is 1. The molecule has 2 unspecified atom stereocenters. The van der Waals surface area contributed by atoms with Gasteiger partial charge in [-0.25, -0.2) is 0 Å². The lowest BCUT2D eigenvalue weighted by Gasteiger charge is -2.28. The van der Waals surface area contributed by atoms with Gasteiger partial charge in [0.1, 0.15) is 19.3 Å². The summed E-state index contributed by atoms with van der Waals surface area (Å²) in [5, 5.41) is 0. The van der Waals surface area contributed by atoms with Crippen molar-refractivity contribution < 1.29 is 37.3 Å². The zero-order chi connectivity index (χ0) is 44.8. The van der Waals surface area contributed by atoms with Crippen LogP contribution in [0, 0.1) is 0 Å². The highest BCUT2D eigenvalue weighted by Crippen LogP contribution is 2.38. The summed E-state index contributed by atoms with van der Waals surface area (Å²) >= 11 is 0. The summed E-state index contributed by atoms with van der Waals surface area (Å²) in [5.74, 6) is -0.342. The van der Waals surface area contributed by atoms with Crippen LogP contribution in [0.1, 0.15) is 206 Å². The number of phosphoric acid groups is 1. The summed E-state index contributed by atoms with van der Waals surface area (Å²) in [6.45, 7) is 5.26. The molecule has 0 saturated heterocycles. The Morgan fingerprint density at radius 1 is 0.525 bits per heavy atom. The number of hydrogen-bond acceptors (Lipinski definition) is 7. The molecule has 0 bridgehead atoms. The van der Waals surface area contributed by atoms with E-state index in [2.05, 4.69) is 74.6 Å². The molecule has 0 aliphatic heterocycles. The Balaban J connectivity index is 4.21. The first-order valence-corrected chi connectivity index (χ1v) is 26.5. The Morgan fingerprint density at radius 3 is 1.43 bits per heavy atom. The number of rotatable bonds is 46. The molecule has 2 atom stereocenters. The molecular formula is C52H96NO7P. The van der Waals surface area contributed by atoms with Crippen LogP contribution in [0.25, 0.3) is 0 Å². The Kier molecular flexibility index (Phi) is 43.5. The maximum absolute atomic E-state index is 12.7. The van der Waals surface area contributed by atoms with Crippen molar-refractivity contribution >= 4 is 13.8 Å². The average molecular weight is 878 g/mol. The second-order valence-corrected chi connectivity index (χ2v) is 19.2. The first kappa shape index (κ1) is 59.2. The molecule has 0 saturated carbocycles. The second kappa shape index (κ2) is 44.8. The molecule has 0 amide bonds. The SMILES string of the molecule is CC/C=C\C/C=C\C/C=C\C/C=C\C/C=C\CCCCCCOCC(COP(=O)([O-])OCC[N+](C)(C)C)OC(=O)CCCCCCCCCCCCCCCCCCCCC. The summed E-state index contributed by atoms with van der Waals surface area (Å²) in [7, 11) is 1.34. The third-order valence-corrected chi connectivity index (χ3v) is 11.5. The van der Waals surface area contributed by atoms with Crippen molar-refractivity contribution in [1.82, 2.24) is 0 Å². The number of phosphoric ester groups is 1. The predicted molar refractivity (Wildman–Crippen MR) is 259 cm³/mol. The van der Waals surface area contributed by atoms with Gasteiger partial charge in [-0.05, 0) is 57.8 Å². The van der Waals surface area contributed by atoms with E-state index in [0.29, 0.717) is 24.1 Å². The molecule has 0 spiro atoms. The Labute approximate surface area is 377 Å². The number of quaternary nitrogens is 1. The van der Waals surface area contributed by atoms with Gasteiger partial charge < -0.3 is 27.9 Å². The number of carbonyl (C=O) groups is 1. The molecule has 0 aliphatic rings. The molecule has 0 aromatic heterocycles. The van der Waals surface area contributed by atoms with Gasteiger partial charge in [-0.15, -0.1) is 0 Å². The molecule has 356 valence electrons. The van der Waals surface area contributed by atoms with Crippen molar-refractivity contribution in [2.45, 2.75) is 213 Å². The van der Waals surface area contributed by atoms with Crippen molar-refractivity contribution in [2.75, 3.05) is 54.1 Å². The number of esters is 1. The molecular weight excluding hydrogens is 782 g/mol. The van der Waals surface area contributed by atoms with Crippen LogP contribution in [0.5, 0.6) is 0 Å². The van der Waals surface area contributed by atoms with Crippen LogP contribution in [0.15, 0.2) is 60.8 Å². The fourth-order valence-corrected chi connectivity index (χ4v) is 7.48. The van der Waals surface area contributed by atoms with Crippen molar-refractivity contribution in [2.24, 2.45) is 0 Å². The molecule has 8 nitrogen and oxygen atoms in total. The zero-order valence-corrected chi connectivity index (χ0v) is 41.2. The van der Waals surface area contributed by atoms with E-state index >= 15 is 0 Å². The van der Waals surface area contributed by atoms with Crippen molar-refractivity contribution in [1.29, 1.82) is 0 Å². The Morgan fingerprint density at radius 2 is 0.951 bits per heavy atom. The summed E-state index contributed by atoms with van der Waals surface area (Å²) in [4.78, 5) is 25.2. The fourth-order valence-electron chi connectivity index (χ4n) is 6.75. The fraction of sp³-hybridized carbons (Fsp3) is 0.788. The smallest absolute Gasteiger partial charge is 0.306 e. The molecule has 9 heteroatoms. The van der Waals surface area contributed by atoms with E-state index in [1.807, 2.05) is 21.1 Å². The minimum atomic E-state index is -4.54. The van der Waals surface area contributed by atoms with Gasteiger partial charge >= 0.3 is 5.97 Å². The van der Waals surface area contributed by atoms with Crippen molar-refractivity contribution in [3.8, 4) is 0 Å². The van der Waals surface area contributed by atoms with E-state index in [9.17, 15) is 14.3 Å². The lowest BCUT2D eigenvalue weighted by molar-refractivity contribution is -0.870. The molecule has 0 radical (unpaired) electrons. The molecule has 0 aromatic carbocycles. The van der Waals surface area contributed by atoms with E-state index in [1.165, 1.54) is 103 Å². The quantitative estimate of drug-likeness (QED) is 0.0198. The van der Waals surface area contributed by atoms with E-state index in [4.69, 9.17) is 18.5 Å². The minimum Gasteiger partial charge on any atom is -0.756 e. The zero-order valence-electron chi connectivity index (χ0n) is 40.4. The highest BCUT2D eigenvalue weighted by Gasteiger charge is 2.20. The van der Waals surface area contributed by atoms with Crippen molar-refractivity contribution in [3.05, 3.63) is 60.8 Å². The third-order valence-electron chi connectivity index (χ3n) is 10.6. The number of unbranched alkanes of at least 4 members (excludes halogenated alkanes) is 22. The van der Waals surface area contributed by atoms with Gasteiger partial charge in [0.05, 0.1) is 34.4 Å². The van der Waals surface area contributed by atoms with Crippen LogP contribution in [0.3, 0.4) is 0 Å². The van der Waals surface area contributed by atoms with E-state index < -0.39 is 13.9 Å². The van der Waals surface area contributed by atoms with Crippen LogP contribution >= 0.6 is 7.82 Å². The number of allylic oxidation sites excluding steroid dienone is 10. The predicted octanol–water partition coefficient (Wildman–Crippen LogP) is 14.6. The van der Waals surface area contributed by atoms with Gasteiger partial charge in [0.15, 0.2) is 0 Å². The van der Waals surface area contributed by atoms with E-state index in [1.54, 1.807) is 0 Å². The molecule has 0 aliphatic carbocycles. The Bertz CT molecular complexity index is 1160. The molecule has 0 fully saturated rings. The lowest BCUT2D eigenvalue weighted by Crippen LogP contribution is -2.37. The summed E-state index contributed by atoms with van der Waals surface area (Å²) < 4.78 is 34.7. The second-order valence-electron chi connectivity index (χ2n) is 17.8. The molecule has 0 heterocycles. The maximum Gasteiger partial charge on any atom is 0.306 e. The van der Waals surface area contributed by atoms with Gasteiger partial charge in [0.25, 0.3) is 7.82 Å².